The van der Waals surface area contributed by atoms with Crippen LogP contribution in [0.3, 0.4) is 0 Å². The Kier molecular flexibility index (Phi) is 8.04. The fraction of sp³-hybridized carbons (Fsp3) is 0.250. The minimum Gasteiger partial charge on any atom is -0.267 e. The van der Waals surface area contributed by atoms with Crippen molar-refractivity contribution in [3.63, 3.8) is 0 Å². The molecule has 0 N–H and O–H groups in total. The van der Waals surface area contributed by atoms with E-state index in [0.29, 0.717) is 23.8 Å². The van der Waals surface area contributed by atoms with E-state index in [2.05, 4.69) is 26.0 Å². The number of benzene rings is 3. The van der Waals surface area contributed by atoms with E-state index in [1.807, 2.05) is 49.4 Å². The number of carbonyl (C=O) groups excluding carboxylic acids is 1. The van der Waals surface area contributed by atoms with E-state index in [4.69, 9.17) is 0 Å². The van der Waals surface area contributed by atoms with E-state index in [1.54, 1.807) is 22.7 Å². The number of hydrogen-bond donors (Lipinski definition) is 0. The normalized spacial score (nSPS) is 15.1. The molecule has 38 heavy (non-hydrogen) atoms. The minimum atomic E-state index is -3.61. The predicted octanol–water partition coefficient (Wildman–Crippen LogP) is 6.61. The lowest BCUT2D eigenvalue weighted by molar-refractivity contribution is 0.0987. The number of amides is 1. The van der Waals surface area contributed by atoms with Crippen LogP contribution in [0.15, 0.2) is 81.2 Å². The van der Waals surface area contributed by atoms with Gasteiger partial charge in [0.1, 0.15) is 0 Å². The zero-order chi connectivity index (χ0) is 26.7. The highest BCUT2D eigenvalue weighted by Gasteiger charge is 2.26. The van der Waals surface area contributed by atoms with Crippen molar-refractivity contribution in [2.24, 2.45) is 5.10 Å². The zero-order valence-electron chi connectivity index (χ0n) is 20.9. The number of halogens is 1. The summed E-state index contributed by atoms with van der Waals surface area (Å²) >= 11 is 4.84. The highest BCUT2D eigenvalue weighted by Crippen LogP contribution is 2.32. The molecule has 0 unspecified atom stereocenters. The third kappa shape index (κ3) is 5.88. The Hall–Kier alpha value is -2.92. The molecule has 0 spiro atoms. The Balaban J connectivity index is 1.46. The van der Waals surface area contributed by atoms with Crippen LogP contribution in [0.4, 0.5) is 5.13 Å². The van der Waals surface area contributed by atoms with E-state index >= 15 is 0 Å². The number of hydrogen-bond acceptors (Lipinski definition) is 6. The molecule has 3 aromatic carbocycles. The second-order valence-corrected chi connectivity index (χ2v) is 13.1. The lowest BCUT2D eigenvalue weighted by atomic mass is 10.2. The van der Waals surface area contributed by atoms with Crippen LogP contribution in [-0.4, -0.2) is 42.9 Å². The Morgan fingerprint density at radius 3 is 2.37 bits per heavy atom. The van der Waals surface area contributed by atoms with Crippen LogP contribution in [0.1, 0.15) is 47.2 Å². The van der Waals surface area contributed by atoms with Gasteiger partial charge in [0.25, 0.3) is 5.91 Å². The lowest BCUT2D eigenvalue weighted by Crippen LogP contribution is -2.32. The number of aromatic nitrogens is 1. The number of fused-ring (bicyclic) bond motifs is 1. The minimum absolute atomic E-state index is 0.190. The number of carbonyl (C=O) groups is 1. The number of hydrazone groups is 1. The van der Waals surface area contributed by atoms with Crippen molar-refractivity contribution in [2.75, 3.05) is 18.1 Å². The van der Waals surface area contributed by atoms with Crippen LogP contribution in [0.5, 0.6) is 0 Å². The van der Waals surface area contributed by atoms with Crippen LogP contribution in [0.2, 0.25) is 0 Å². The molecule has 0 atom stereocenters. The summed E-state index contributed by atoms with van der Waals surface area (Å²) in [5.74, 6) is -0.398. The quantitative estimate of drug-likeness (QED) is 0.182. The summed E-state index contributed by atoms with van der Waals surface area (Å²) in [6.07, 6.45) is 5.44. The summed E-state index contributed by atoms with van der Waals surface area (Å²) < 4.78 is 29.7. The molecular weight excluding hydrogens is 584 g/mol. The van der Waals surface area contributed by atoms with Crippen LogP contribution in [0, 0.1) is 6.92 Å². The third-order valence-electron chi connectivity index (χ3n) is 6.42. The van der Waals surface area contributed by atoms with Crippen molar-refractivity contribution in [1.82, 2.24) is 9.29 Å². The van der Waals surface area contributed by atoms with E-state index < -0.39 is 15.9 Å². The average molecular weight is 612 g/mol. The molecule has 2 heterocycles. The number of rotatable bonds is 6. The first-order valence-corrected chi connectivity index (χ1v) is 15.5. The molecule has 1 aromatic heterocycles. The van der Waals surface area contributed by atoms with Crippen molar-refractivity contribution in [1.29, 1.82) is 0 Å². The molecule has 1 aliphatic rings. The molecule has 1 fully saturated rings. The molecule has 0 aliphatic carbocycles. The van der Waals surface area contributed by atoms with Gasteiger partial charge in [-0.3, -0.25) is 4.79 Å². The maximum absolute atomic E-state index is 13.7. The molecule has 7 nitrogen and oxygen atoms in total. The molecule has 1 aliphatic heterocycles. The fourth-order valence-electron chi connectivity index (χ4n) is 4.27. The Morgan fingerprint density at radius 2 is 1.68 bits per heavy atom. The van der Waals surface area contributed by atoms with Crippen LogP contribution in [0.25, 0.3) is 10.2 Å². The number of aryl methyl sites for hydroxylation is 1. The second kappa shape index (κ2) is 11.4. The van der Waals surface area contributed by atoms with Crippen LogP contribution < -0.4 is 5.01 Å². The monoisotopic (exact) mass is 610 g/mol. The van der Waals surface area contributed by atoms with E-state index in [9.17, 15) is 13.2 Å². The molecular formula is C28H27BrN4O3S2. The molecule has 1 saturated heterocycles. The fourth-order valence-corrected chi connectivity index (χ4v) is 7.26. The van der Waals surface area contributed by atoms with Gasteiger partial charge in [0, 0.05) is 23.1 Å². The SMILES string of the molecule is Cc1ccc(/C=N/N(C(=O)c2ccc(S(=O)(=O)N3CCCCCC3)cc2)c2nc3ccc(Br)cc3s2)cc1. The maximum atomic E-state index is 13.7. The van der Waals surface area contributed by atoms with Crippen molar-refractivity contribution >= 4 is 64.8 Å². The van der Waals surface area contributed by atoms with Gasteiger partial charge in [-0.25, -0.2) is 13.4 Å². The molecule has 0 saturated carbocycles. The van der Waals surface area contributed by atoms with Crippen LogP contribution in [-0.2, 0) is 10.0 Å². The number of thiazole rings is 1. The van der Waals surface area contributed by atoms with E-state index in [0.717, 1.165) is 51.5 Å². The van der Waals surface area contributed by atoms with Gasteiger partial charge in [-0.2, -0.15) is 14.4 Å². The van der Waals surface area contributed by atoms with Gasteiger partial charge >= 0.3 is 0 Å². The summed E-state index contributed by atoms with van der Waals surface area (Å²) in [4.78, 5) is 18.5. The first-order valence-electron chi connectivity index (χ1n) is 12.4. The summed E-state index contributed by atoms with van der Waals surface area (Å²) in [5, 5.41) is 6.21. The second-order valence-electron chi connectivity index (χ2n) is 9.22. The molecule has 1 amide bonds. The lowest BCUT2D eigenvalue weighted by Gasteiger charge is -2.20. The van der Waals surface area contributed by atoms with Gasteiger partial charge in [-0.15, -0.1) is 0 Å². The highest BCUT2D eigenvalue weighted by atomic mass is 79.9. The van der Waals surface area contributed by atoms with Gasteiger partial charge in [-0.05, 0) is 67.8 Å². The standard InChI is InChI=1S/C28H27BrN4O3S2/c1-20-6-8-21(9-7-20)19-30-33(28-31-25-15-12-23(29)18-26(25)37-28)27(34)22-10-13-24(14-11-22)38(35,36)32-16-4-2-3-5-17-32/h6-15,18-19H,2-5,16-17H2,1H3/b30-19+. The topological polar surface area (TPSA) is 82.9 Å². The van der Waals surface area contributed by atoms with E-state index in [1.165, 1.54) is 28.5 Å². The summed E-state index contributed by atoms with van der Waals surface area (Å²) in [6.45, 7) is 3.06. The summed E-state index contributed by atoms with van der Waals surface area (Å²) in [6, 6.07) is 19.7. The molecule has 0 bridgehead atoms. The van der Waals surface area contributed by atoms with Crippen molar-refractivity contribution in [2.45, 2.75) is 37.5 Å². The predicted molar refractivity (Wildman–Crippen MR) is 157 cm³/mol. The Labute approximate surface area is 235 Å². The number of sulfonamides is 1. The zero-order valence-corrected chi connectivity index (χ0v) is 24.1. The summed E-state index contributed by atoms with van der Waals surface area (Å²) in [7, 11) is -3.61. The van der Waals surface area contributed by atoms with Gasteiger partial charge < -0.3 is 0 Å². The number of nitrogens with zero attached hydrogens (tertiary/aromatic N) is 4. The molecule has 10 heteroatoms. The third-order valence-corrected chi connectivity index (χ3v) is 9.82. The maximum Gasteiger partial charge on any atom is 0.280 e. The Morgan fingerprint density at radius 1 is 1.00 bits per heavy atom. The molecule has 196 valence electrons. The smallest absolute Gasteiger partial charge is 0.267 e. The highest BCUT2D eigenvalue weighted by molar-refractivity contribution is 9.10. The van der Waals surface area contributed by atoms with Crippen molar-refractivity contribution in [3.8, 4) is 0 Å². The van der Waals surface area contributed by atoms with Gasteiger partial charge in [0.2, 0.25) is 15.2 Å². The van der Waals surface area contributed by atoms with Crippen molar-refractivity contribution < 1.29 is 13.2 Å². The molecule has 0 radical (unpaired) electrons. The molecule has 5 rings (SSSR count). The van der Waals surface area contributed by atoms with Gasteiger partial charge in [0.15, 0.2) is 0 Å². The van der Waals surface area contributed by atoms with Gasteiger partial charge in [0.05, 0.1) is 21.3 Å². The first kappa shape index (κ1) is 26.7. The van der Waals surface area contributed by atoms with E-state index in [-0.39, 0.29) is 4.90 Å². The number of anilines is 1. The van der Waals surface area contributed by atoms with Crippen LogP contribution >= 0.6 is 27.3 Å². The van der Waals surface area contributed by atoms with Crippen molar-refractivity contribution in [3.05, 3.63) is 87.9 Å². The largest absolute Gasteiger partial charge is 0.280 e. The summed E-state index contributed by atoms with van der Waals surface area (Å²) in [5.41, 5.74) is 3.05. The Bertz CT molecular complexity index is 1570. The average Bonchev–Trinajstić information content (AvgIpc) is 3.12. The first-order chi connectivity index (χ1) is 18.3. The van der Waals surface area contributed by atoms with Gasteiger partial charge in [-0.1, -0.05) is 69.9 Å². The molecule has 4 aromatic rings.